The quantitative estimate of drug-likeness (QED) is 0.844. The zero-order valence-electron chi connectivity index (χ0n) is 10.6. The van der Waals surface area contributed by atoms with Crippen LogP contribution in [0.5, 0.6) is 5.75 Å². The number of hydrogen-bond acceptors (Lipinski definition) is 4. The molecule has 2 aromatic rings. The molecule has 2 nitrogen and oxygen atoms in total. The largest absolute Gasteiger partial charge is 0.497 e. The highest BCUT2D eigenvalue weighted by Crippen LogP contribution is 2.37. The molecule has 2 rings (SSSR count). The standard InChI is InChI=1S/C14H17NOS2/c1-10-3-8-13(17-10)14(9-15)18-12-6-4-11(16-2)5-7-12/h3-8,14H,9,15H2,1-2H3. The zero-order chi connectivity index (χ0) is 13.0. The molecule has 1 atom stereocenters. The molecular weight excluding hydrogens is 262 g/mol. The highest BCUT2D eigenvalue weighted by Gasteiger charge is 2.13. The van der Waals surface area contributed by atoms with Gasteiger partial charge in [0, 0.05) is 21.2 Å². The summed E-state index contributed by atoms with van der Waals surface area (Å²) in [4.78, 5) is 3.90. The van der Waals surface area contributed by atoms with E-state index in [9.17, 15) is 0 Å². The summed E-state index contributed by atoms with van der Waals surface area (Å²) >= 11 is 3.63. The molecule has 0 amide bonds. The topological polar surface area (TPSA) is 35.2 Å². The minimum absolute atomic E-state index is 0.331. The van der Waals surface area contributed by atoms with Gasteiger partial charge in [-0.2, -0.15) is 0 Å². The second kappa shape index (κ2) is 6.27. The molecule has 4 heteroatoms. The first-order valence-corrected chi connectivity index (χ1v) is 7.49. The predicted octanol–water partition coefficient (Wildman–Crippen LogP) is 3.86. The normalized spacial score (nSPS) is 12.4. The summed E-state index contributed by atoms with van der Waals surface area (Å²) in [6.45, 7) is 2.77. The molecule has 0 saturated carbocycles. The average molecular weight is 279 g/mol. The number of aryl methyl sites for hydroxylation is 1. The van der Waals surface area contributed by atoms with Gasteiger partial charge in [-0.05, 0) is 43.3 Å². The number of thiophene rings is 1. The molecule has 0 bridgehead atoms. The van der Waals surface area contributed by atoms with E-state index in [4.69, 9.17) is 10.5 Å². The molecule has 18 heavy (non-hydrogen) atoms. The maximum atomic E-state index is 5.88. The monoisotopic (exact) mass is 279 g/mol. The van der Waals surface area contributed by atoms with Crippen LogP contribution in [0.25, 0.3) is 0 Å². The molecule has 0 spiro atoms. The van der Waals surface area contributed by atoms with Crippen LogP contribution in [0, 0.1) is 6.92 Å². The fourth-order valence-electron chi connectivity index (χ4n) is 1.67. The number of benzene rings is 1. The summed E-state index contributed by atoms with van der Waals surface area (Å²) < 4.78 is 5.16. The van der Waals surface area contributed by atoms with Gasteiger partial charge < -0.3 is 10.5 Å². The van der Waals surface area contributed by atoms with Gasteiger partial charge in [0.2, 0.25) is 0 Å². The third-order valence-electron chi connectivity index (χ3n) is 2.63. The van der Waals surface area contributed by atoms with Crippen molar-refractivity contribution in [3.05, 3.63) is 46.2 Å². The second-order valence-electron chi connectivity index (χ2n) is 3.97. The van der Waals surface area contributed by atoms with E-state index in [1.54, 1.807) is 18.9 Å². The van der Waals surface area contributed by atoms with Crippen molar-refractivity contribution in [2.24, 2.45) is 5.73 Å². The summed E-state index contributed by atoms with van der Waals surface area (Å²) in [5, 5.41) is 0.331. The van der Waals surface area contributed by atoms with Crippen LogP contribution in [-0.2, 0) is 0 Å². The molecule has 1 aromatic heterocycles. The second-order valence-corrected chi connectivity index (χ2v) is 6.56. The van der Waals surface area contributed by atoms with E-state index in [0.29, 0.717) is 11.8 Å². The van der Waals surface area contributed by atoms with Gasteiger partial charge in [-0.1, -0.05) is 0 Å². The van der Waals surface area contributed by atoms with Gasteiger partial charge in [0.05, 0.1) is 12.4 Å². The Kier molecular flexibility index (Phi) is 4.69. The van der Waals surface area contributed by atoms with Crippen molar-refractivity contribution in [2.75, 3.05) is 13.7 Å². The smallest absolute Gasteiger partial charge is 0.118 e. The Morgan fingerprint density at radius 1 is 1.22 bits per heavy atom. The number of methoxy groups -OCH3 is 1. The number of nitrogens with two attached hydrogens (primary N) is 1. The van der Waals surface area contributed by atoms with Crippen LogP contribution in [-0.4, -0.2) is 13.7 Å². The van der Waals surface area contributed by atoms with E-state index >= 15 is 0 Å². The molecule has 2 N–H and O–H groups in total. The first-order valence-electron chi connectivity index (χ1n) is 5.80. The molecule has 1 unspecified atom stereocenters. The highest BCUT2D eigenvalue weighted by molar-refractivity contribution is 7.99. The lowest BCUT2D eigenvalue weighted by molar-refractivity contribution is 0.414. The lowest BCUT2D eigenvalue weighted by Crippen LogP contribution is -2.07. The maximum absolute atomic E-state index is 5.88. The Bertz CT molecular complexity index is 493. The Morgan fingerprint density at radius 2 is 1.94 bits per heavy atom. The molecule has 96 valence electrons. The van der Waals surface area contributed by atoms with E-state index < -0.39 is 0 Å². The van der Waals surface area contributed by atoms with Crippen LogP contribution in [0.15, 0.2) is 41.3 Å². The predicted molar refractivity (Wildman–Crippen MR) is 79.7 cm³/mol. The Labute approximate surface area is 116 Å². The van der Waals surface area contributed by atoms with Gasteiger partial charge in [-0.3, -0.25) is 0 Å². The van der Waals surface area contributed by atoms with E-state index in [1.165, 1.54) is 14.6 Å². The summed E-state index contributed by atoms with van der Waals surface area (Å²) in [7, 11) is 1.68. The Morgan fingerprint density at radius 3 is 2.44 bits per heavy atom. The Hall–Kier alpha value is -0.970. The van der Waals surface area contributed by atoms with Crippen molar-refractivity contribution in [2.45, 2.75) is 17.1 Å². The molecule has 1 heterocycles. The van der Waals surface area contributed by atoms with Crippen LogP contribution in [0.3, 0.4) is 0 Å². The van der Waals surface area contributed by atoms with Gasteiger partial charge in [0.25, 0.3) is 0 Å². The minimum atomic E-state index is 0.331. The maximum Gasteiger partial charge on any atom is 0.118 e. The van der Waals surface area contributed by atoms with E-state index in [2.05, 4.69) is 31.2 Å². The molecular formula is C14H17NOS2. The number of thioether (sulfide) groups is 1. The first kappa shape index (κ1) is 13.5. The van der Waals surface area contributed by atoms with Crippen molar-refractivity contribution in [3.63, 3.8) is 0 Å². The van der Waals surface area contributed by atoms with Crippen molar-refractivity contribution in [1.29, 1.82) is 0 Å². The molecule has 0 aliphatic heterocycles. The van der Waals surface area contributed by atoms with Crippen LogP contribution >= 0.6 is 23.1 Å². The highest BCUT2D eigenvalue weighted by atomic mass is 32.2. The molecule has 0 radical (unpaired) electrons. The van der Waals surface area contributed by atoms with Crippen LogP contribution < -0.4 is 10.5 Å². The molecule has 0 aliphatic carbocycles. The van der Waals surface area contributed by atoms with Gasteiger partial charge in [0.15, 0.2) is 0 Å². The summed E-state index contributed by atoms with van der Waals surface area (Å²) in [5.41, 5.74) is 5.88. The summed E-state index contributed by atoms with van der Waals surface area (Å²) in [6.07, 6.45) is 0. The molecule has 0 aliphatic rings. The Balaban J connectivity index is 2.10. The summed E-state index contributed by atoms with van der Waals surface area (Å²) in [5.74, 6) is 0.885. The van der Waals surface area contributed by atoms with E-state index in [1.807, 2.05) is 23.5 Å². The lowest BCUT2D eigenvalue weighted by Gasteiger charge is -2.12. The van der Waals surface area contributed by atoms with Crippen LogP contribution in [0.2, 0.25) is 0 Å². The van der Waals surface area contributed by atoms with Crippen molar-refractivity contribution < 1.29 is 4.74 Å². The van der Waals surface area contributed by atoms with E-state index in [-0.39, 0.29) is 0 Å². The number of rotatable bonds is 5. The van der Waals surface area contributed by atoms with Gasteiger partial charge in [-0.15, -0.1) is 23.1 Å². The number of hydrogen-bond donors (Lipinski definition) is 1. The first-order chi connectivity index (χ1) is 8.72. The summed E-state index contributed by atoms with van der Waals surface area (Å²) in [6, 6.07) is 12.4. The fraction of sp³-hybridized carbons (Fsp3) is 0.286. The van der Waals surface area contributed by atoms with Crippen molar-refractivity contribution >= 4 is 23.1 Å². The van der Waals surface area contributed by atoms with Gasteiger partial charge >= 0.3 is 0 Å². The minimum Gasteiger partial charge on any atom is -0.497 e. The third-order valence-corrected chi connectivity index (χ3v) is 5.17. The molecule has 0 saturated heterocycles. The zero-order valence-corrected chi connectivity index (χ0v) is 12.2. The van der Waals surface area contributed by atoms with Crippen molar-refractivity contribution in [3.8, 4) is 5.75 Å². The average Bonchev–Trinajstić information content (AvgIpc) is 2.83. The van der Waals surface area contributed by atoms with Gasteiger partial charge in [0.1, 0.15) is 5.75 Å². The fourth-order valence-corrected chi connectivity index (χ4v) is 3.74. The molecule has 0 fully saturated rings. The third kappa shape index (κ3) is 3.28. The van der Waals surface area contributed by atoms with Gasteiger partial charge in [-0.25, -0.2) is 0 Å². The van der Waals surface area contributed by atoms with E-state index in [0.717, 1.165) is 5.75 Å². The molecule has 1 aromatic carbocycles. The van der Waals surface area contributed by atoms with Crippen LogP contribution in [0.4, 0.5) is 0 Å². The lowest BCUT2D eigenvalue weighted by atomic mass is 10.3. The van der Waals surface area contributed by atoms with Crippen LogP contribution in [0.1, 0.15) is 15.0 Å². The number of ether oxygens (including phenoxy) is 1. The van der Waals surface area contributed by atoms with Crippen molar-refractivity contribution in [1.82, 2.24) is 0 Å². The SMILES string of the molecule is COc1ccc(SC(CN)c2ccc(C)s2)cc1.